The Morgan fingerprint density at radius 1 is 1.09 bits per heavy atom. The predicted octanol–water partition coefficient (Wildman–Crippen LogP) is 5.56. The smallest absolute Gasteiger partial charge is 0.251 e. The lowest BCUT2D eigenvalue weighted by Crippen LogP contribution is -2.42. The van der Waals surface area contributed by atoms with Crippen LogP contribution in [0.4, 0.5) is 4.39 Å². The van der Waals surface area contributed by atoms with Gasteiger partial charge < -0.3 is 11.1 Å². The maximum atomic E-state index is 13.7. The van der Waals surface area contributed by atoms with Crippen LogP contribution in [0.1, 0.15) is 27.7 Å². The van der Waals surface area contributed by atoms with E-state index in [1.165, 1.54) is 12.1 Å². The van der Waals surface area contributed by atoms with E-state index < -0.39 is 11.9 Å². The fraction of sp³-hybridized carbons (Fsp3) is 0.120. The Morgan fingerprint density at radius 2 is 1.88 bits per heavy atom. The van der Waals surface area contributed by atoms with Crippen LogP contribution in [-0.4, -0.2) is 17.9 Å². The molecule has 0 radical (unpaired) electrons. The van der Waals surface area contributed by atoms with Crippen LogP contribution >= 0.6 is 22.9 Å². The molecule has 0 fully saturated rings. The van der Waals surface area contributed by atoms with Crippen molar-refractivity contribution in [2.45, 2.75) is 19.4 Å². The van der Waals surface area contributed by atoms with Crippen molar-refractivity contribution < 1.29 is 14.0 Å². The summed E-state index contributed by atoms with van der Waals surface area (Å²) in [5.74, 6) is -1.31. The van der Waals surface area contributed by atoms with Crippen molar-refractivity contribution in [3.8, 4) is 11.1 Å². The molecule has 162 valence electrons. The Bertz CT molecular complexity index is 1310. The molecule has 4 aromatic rings. The van der Waals surface area contributed by atoms with Gasteiger partial charge in [-0.25, -0.2) is 4.39 Å². The second kappa shape index (κ2) is 9.10. The van der Waals surface area contributed by atoms with Crippen LogP contribution in [0.15, 0.2) is 66.7 Å². The number of halogens is 2. The molecule has 0 bridgehead atoms. The SMILES string of the molecule is C[C@H](NC(=O)c1cccc(-c2cccc3cc(Cc4cc(F)cc(Cl)c4)sc23)c1)C(N)=O. The molecule has 0 saturated heterocycles. The summed E-state index contributed by atoms with van der Waals surface area (Å²) < 4.78 is 14.8. The van der Waals surface area contributed by atoms with E-state index in [2.05, 4.69) is 11.4 Å². The number of nitrogens with one attached hydrogen (secondary N) is 1. The average molecular weight is 467 g/mol. The maximum absolute atomic E-state index is 13.7. The van der Waals surface area contributed by atoms with Crippen molar-refractivity contribution in [2.24, 2.45) is 5.73 Å². The number of hydrogen-bond acceptors (Lipinski definition) is 3. The summed E-state index contributed by atoms with van der Waals surface area (Å²) in [6.45, 7) is 1.55. The van der Waals surface area contributed by atoms with Gasteiger partial charge in [0.2, 0.25) is 5.91 Å². The minimum atomic E-state index is -0.759. The number of thiophene rings is 1. The summed E-state index contributed by atoms with van der Waals surface area (Å²) in [6, 6.07) is 19.1. The number of fused-ring (bicyclic) bond motifs is 1. The van der Waals surface area contributed by atoms with Crippen LogP contribution in [0.5, 0.6) is 0 Å². The lowest BCUT2D eigenvalue weighted by Gasteiger charge is -2.11. The molecule has 4 nitrogen and oxygen atoms in total. The van der Waals surface area contributed by atoms with Crippen LogP contribution < -0.4 is 11.1 Å². The number of nitrogens with two attached hydrogens (primary N) is 1. The fourth-order valence-electron chi connectivity index (χ4n) is 3.52. The number of carbonyl (C=O) groups excluding carboxylic acids is 2. The standard InChI is InChI=1S/C25H20ClFN2O2S/c1-14(24(28)30)29-25(31)18-6-2-4-16(11-18)22-7-3-5-17-12-21(32-23(17)22)10-15-8-19(26)13-20(27)9-15/h2-9,11-14H,10H2,1H3,(H2,28,30)(H,29,31)/t14-/m0/s1. The third-order valence-corrected chi connectivity index (χ3v) is 6.51. The number of carbonyl (C=O) groups is 2. The molecule has 1 heterocycles. The fourth-order valence-corrected chi connectivity index (χ4v) is 5.00. The Balaban J connectivity index is 1.66. The highest BCUT2D eigenvalue weighted by atomic mass is 35.5. The van der Waals surface area contributed by atoms with Crippen molar-refractivity contribution in [1.29, 1.82) is 0 Å². The minimum absolute atomic E-state index is 0.352. The summed E-state index contributed by atoms with van der Waals surface area (Å²) >= 11 is 7.62. The van der Waals surface area contributed by atoms with E-state index in [-0.39, 0.29) is 11.7 Å². The summed E-state index contributed by atoms with van der Waals surface area (Å²) in [5.41, 5.74) is 8.37. The molecule has 3 aromatic carbocycles. The Morgan fingerprint density at radius 3 is 2.62 bits per heavy atom. The van der Waals surface area contributed by atoms with E-state index in [0.29, 0.717) is 17.0 Å². The molecule has 1 atom stereocenters. The van der Waals surface area contributed by atoms with Gasteiger partial charge in [0.1, 0.15) is 11.9 Å². The van der Waals surface area contributed by atoms with E-state index >= 15 is 0 Å². The summed E-state index contributed by atoms with van der Waals surface area (Å²) in [5, 5.41) is 4.05. The van der Waals surface area contributed by atoms with Gasteiger partial charge in [-0.15, -0.1) is 11.3 Å². The van der Waals surface area contributed by atoms with Gasteiger partial charge in [-0.1, -0.05) is 41.9 Å². The first kappa shape index (κ1) is 22.0. The highest BCUT2D eigenvalue weighted by molar-refractivity contribution is 7.19. The number of primary amides is 1. The van der Waals surface area contributed by atoms with Gasteiger partial charge >= 0.3 is 0 Å². The number of rotatable bonds is 6. The molecule has 0 aliphatic carbocycles. The van der Waals surface area contributed by atoms with Crippen LogP contribution in [0.2, 0.25) is 5.02 Å². The van der Waals surface area contributed by atoms with Crippen molar-refractivity contribution in [2.75, 3.05) is 0 Å². The van der Waals surface area contributed by atoms with Gasteiger partial charge in [-0.3, -0.25) is 9.59 Å². The van der Waals surface area contributed by atoms with Crippen molar-refractivity contribution in [3.05, 3.63) is 93.6 Å². The molecule has 0 aliphatic heterocycles. The molecule has 7 heteroatoms. The summed E-state index contributed by atoms with van der Waals surface area (Å²) in [4.78, 5) is 24.8. The summed E-state index contributed by atoms with van der Waals surface area (Å²) in [6.07, 6.45) is 0.573. The zero-order valence-electron chi connectivity index (χ0n) is 17.2. The molecule has 1 aromatic heterocycles. The van der Waals surface area contributed by atoms with Crippen molar-refractivity contribution >= 4 is 44.8 Å². The Labute approximate surface area is 193 Å². The normalized spacial score (nSPS) is 12.0. The highest BCUT2D eigenvalue weighted by Gasteiger charge is 2.15. The largest absolute Gasteiger partial charge is 0.368 e. The van der Waals surface area contributed by atoms with E-state index in [1.807, 2.05) is 24.3 Å². The lowest BCUT2D eigenvalue weighted by molar-refractivity contribution is -0.119. The predicted molar refractivity (Wildman–Crippen MR) is 128 cm³/mol. The number of hydrogen-bond donors (Lipinski definition) is 2. The van der Waals surface area contributed by atoms with Crippen LogP contribution in [0.25, 0.3) is 21.2 Å². The first-order valence-electron chi connectivity index (χ1n) is 9.97. The van der Waals surface area contributed by atoms with Gasteiger partial charge in [-0.05, 0) is 65.4 Å². The monoisotopic (exact) mass is 466 g/mol. The first-order valence-corrected chi connectivity index (χ1v) is 11.2. The van der Waals surface area contributed by atoms with E-state index in [9.17, 15) is 14.0 Å². The number of benzene rings is 3. The van der Waals surface area contributed by atoms with Crippen molar-refractivity contribution in [1.82, 2.24) is 5.32 Å². The molecule has 0 unspecified atom stereocenters. The topological polar surface area (TPSA) is 72.2 Å². The summed E-state index contributed by atoms with van der Waals surface area (Å²) in [7, 11) is 0. The zero-order valence-corrected chi connectivity index (χ0v) is 18.8. The third-order valence-electron chi connectivity index (χ3n) is 5.11. The van der Waals surface area contributed by atoms with E-state index in [0.717, 1.165) is 31.7 Å². The molecule has 0 aliphatic rings. The van der Waals surface area contributed by atoms with Crippen molar-refractivity contribution in [3.63, 3.8) is 0 Å². The van der Waals surface area contributed by atoms with E-state index in [1.54, 1.807) is 42.5 Å². The maximum Gasteiger partial charge on any atom is 0.251 e. The molecule has 2 amide bonds. The molecule has 4 rings (SSSR count). The van der Waals surface area contributed by atoms with Crippen LogP contribution in [0.3, 0.4) is 0 Å². The number of amides is 2. The van der Waals surface area contributed by atoms with Crippen LogP contribution in [-0.2, 0) is 11.2 Å². The highest BCUT2D eigenvalue weighted by Crippen LogP contribution is 2.36. The van der Waals surface area contributed by atoms with Gasteiger partial charge in [0.25, 0.3) is 5.91 Å². The molecule has 0 saturated carbocycles. The van der Waals surface area contributed by atoms with E-state index in [4.69, 9.17) is 17.3 Å². The minimum Gasteiger partial charge on any atom is -0.368 e. The lowest BCUT2D eigenvalue weighted by atomic mass is 10.0. The molecular formula is C25H20ClFN2O2S. The Kier molecular flexibility index (Phi) is 6.26. The second-order valence-electron chi connectivity index (χ2n) is 7.57. The quantitative estimate of drug-likeness (QED) is 0.390. The second-order valence-corrected chi connectivity index (χ2v) is 9.14. The Hall–Kier alpha value is -3.22. The molecule has 0 spiro atoms. The van der Waals surface area contributed by atoms with Gasteiger partial charge in [0, 0.05) is 26.6 Å². The third kappa shape index (κ3) is 4.82. The van der Waals surface area contributed by atoms with Crippen LogP contribution in [0, 0.1) is 5.82 Å². The van der Waals surface area contributed by atoms with Gasteiger partial charge in [0.15, 0.2) is 0 Å². The molecule has 32 heavy (non-hydrogen) atoms. The zero-order chi connectivity index (χ0) is 22.8. The average Bonchev–Trinajstić information content (AvgIpc) is 3.15. The molecular weight excluding hydrogens is 447 g/mol. The van der Waals surface area contributed by atoms with Gasteiger partial charge in [-0.2, -0.15) is 0 Å². The first-order chi connectivity index (χ1) is 15.3. The molecule has 3 N–H and O–H groups in total. The van der Waals surface area contributed by atoms with Gasteiger partial charge in [0.05, 0.1) is 0 Å².